The maximum absolute atomic E-state index is 11.3. The predicted molar refractivity (Wildman–Crippen MR) is 99.3 cm³/mol. The van der Waals surface area contributed by atoms with Crippen LogP contribution in [0.2, 0.25) is 5.02 Å². The molecule has 0 fully saturated rings. The summed E-state index contributed by atoms with van der Waals surface area (Å²) in [5.41, 5.74) is 2.94. The summed E-state index contributed by atoms with van der Waals surface area (Å²) in [6.45, 7) is 0. The number of hydrogen-bond donors (Lipinski definition) is 1. The Morgan fingerprint density at radius 2 is 1.67 bits per heavy atom. The lowest BCUT2D eigenvalue weighted by molar-refractivity contribution is -0.131. The van der Waals surface area contributed by atoms with Crippen LogP contribution in [-0.4, -0.2) is 11.1 Å². The third-order valence-electron chi connectivity index (χ3n) is 4.03. The van der Waals surface area contributed by atoms with Gasteiger partial charge < -0.3 is 5.11 Å². The first-order valence-electron chi connectivity index (χ1n) is 7.79. The molecule has 0 radical (unpaired) electrons. The van der Waals surface area contributed by atoms with Crippen molar-refractivity contribution in [3.63, 3.8) is 0 Å². The van der Waals surface area contributed by atoms with Gasteiger partial charge in [-0.2, -0.15) is 0 Å². The van der Waals surface area contributed by atoms with Crippen LogP contribution in [0.4, 0.5) is 0 Å². The van der Waals surface area contributed by atoms with Gasteiger partial charge in [-0.1, -0.05) is 66.2 Å². The maximum Gasteiger partial charge on any atom is 0.328 e. The number of carboxylic acids is 1. The molecule has 0 aliphatic heterocycles. The van der Waals surface area contributed by atoms with Crippen molar-refractivity contribution in [2.24, 2.45) is 0 Å². The molecule has 24 heavy (non-hydrogen) atoms. The van der Waals surface area contributed by atoms with Gasteiger partial charge in [0.25, 0.3) is 0 Å². The lowest BCUT2D eigenvalue weighted by Crippen LogP contribution is -1.96. The fourth-order valence-electron chi connectivity index (χ4n) is 2.87. The number of fused-ring (bicyclic) bond motifs is 1. The molecule has 3 heteroatoms. The van der Waals surface area contributed by atoms with E-state index in [0.29, 0.717) is 11.4 Å². The first-order valence-corrected chi connectivity index (χ1v) is 8.17. The summed E-state index contributed by atoms with van der Waals surface area (Å²) in [7, 11) is 0. The van der Waals surface area contributed by atoms with Gasteiger partial charge in [-0.05, 0) is 52.4 Å². The number of aryl methyl sites for hydroxylation is 1. The van der Waals surface area contributed by atoms with Crippen molar-refractivity contribution in [2.45, 2.75) is 12.8 Å². The Kier molecular flexibility index (Phi) is 4.97. The molecule has 0 heterocycles. The fraction of sp³-hybridized carbons (Fsp3) is 0.0952. The van der Waals surface area contributed by atoms with E-state index in [2.05, 4.69) is 0 Å². The van der Waals surface area contributed by atoms with Gasteiger partial charge in [0.15, 0.2) is 0 Å². The Balaban J connectivity index is 1.94. The third-order valence-corrected chi connectivity index (χ3v) is 4.28. The van der Waals surface area contributed by atoms with E-state index in [-0.39, 0.29) is 0 Å². The van der Waals surface area contributed by atoms with E-state index in [1.807, 2.05) is 66.7 Å². The Morgan fingerprint density at radius 1 is 0.958 bits per heavy atom. The third kappa shape index (κ3) is 3.84. The van der Waals surface area contributed by atoms with Gasteiger partial charge in [0, 0.05) is 11.1 Å². The van der Waals surface area contributed by atoms with Crippen molar-refractivity contribution in [2.75, 3.05) is 0 Å². The minimum Gasteiger partial charge on any atom is -0.478 e. The number of benzene rings is 3. The molecule has 0 saturated heterocycles. The lowest BCUT2D eigenvalue weighted by Gasteiger charge is -2.11. The highest BCUT2D eigenvalue weighted by Gasteiger charge is 2.09. The zero-order valence-corrected chi connectivity index (χ0v) is 13.8. The van der Waals surface area contributed by atoms with E-state index in [1.54, 1.807) is 0 Å². The molecule has 0 aliphatic carbocycles. The fourth-order valence-corrected chi connectivity index (χ4v) is 3.00. The van der Waals surface area contributed by atoms with Crippen LogP contribution in [0.15, 0.2) is 72.8 Å². The predicted octanol–water partition coefficient (Wildman–Crippen LogP) is 5.59. The van der Waals surface area contributed by atoms with Gasteiger partial charge in [0.2, 0.25) is 0 Å². The summed E-state index contributed by atoms with van der Waals surface area (Å²) in [5.74, 6) is -0.922. The van der Waals surface area contributed by atoms with Gasteiger partial charge in [-0.15, -0.1) is 0 Å². The summed E-state index contributed by atoms with van der Waals surface area (Å²) >= 11 is 5.92. The van der Waals surface area contributed by atoms with Crippen LogP contribution in [0.3, 0.4) is 0 Å². The molecular formula is C21H17ClO2. The van der Waals surface area contributed by atoms with E-state index in [9.17, 15) is 9.90 Å². The summed E-state index contributed by atoms with van der Waals surface area (Å²) in [6, 6.07) is 21.7. The maximum atomic E-state index is 11.3. The molecule has 0 unspecified atom stereocenters. The van der Waals surface area contributed by atoms with E-state index in [0.717, 1.165) is 33.9 Å². The number of rotatable bonds is 5. The van der Waals surface area contributed by atoms with Crippen LogP contribution < -0.4 is 0 Å². The van der Waals surface area contributed by atoms with Gasteiger partial charge in [0.05, 0.1) is 0 Å². The van der Waals surface area contributed by atoms with Crippen LogP contribution in [-0.2, 0) is 11.2 Å². The largest absolute Gasteiger partial charge is 0.478 e. The minimum atomic E-state index is -0.922. The first kappa shape index (κ1) is 16.3. The first-order chi connectivity index (χ1) is 11.6. The van der Waals surface area contributed by atoms with Crippen molar-refractivity contribution < 1.29 is 9.90 Å². The Morgan fingerprint density at radius 3 is 2.42 bits per heavy atom. The van der Waals surface area contributed by atoms with E-state index >= 15 is 0 Å². The average molecular weight is 337 g/mol. The second-order valence-corrected chi connectivity index (χ2v) is 6.10. The zero-order valence-electron chi connectivity index (χ0n) is 13.1. The molecular weight excluding hydrogens is 320 g/mol. The number of halogens is 1. The molecule has 0 aliphatic rings. The summed E-state index contributed by atoms with van der Waals surface area (Å²) < 4.78 is 0. The number of hydrogen-bond acceptors (Lipinski definition) is 1. The van der Waals surface area contributed by atoms with Gasteiger partial charge in [0.1, 0.15) is 0 Å². The van der Waals surface area contributed by atoms with Crippen LogP contribution in [0.5, 0.6) is 0 Å². The molecule has 3 rings (SSSR count). The molecule has 0 atom stereocenters. The zero-order chi connectivity index (χ0) is 16.9. The van der Waals surface area contributed by atoms with Crippen molar-refractivity contribution in [3.05, 3.63) is 89.0 Å². The molecule has 3 aromatic rings. The normalized spacial score (nSPS) is 11.6. The Hall–Kier alpha value is -2.58. The molecule has 0 bridgehead atoms. The number of carboxylic acid groups (broad SMARTS) is 1. The SMILES string of the molecule is O=C(O)/C=C(/CCc1ccc(Cl)cc1)c1cccc2ccccc12. The number of allylic oxidation sites excluding steroid dienone is 1. The van der Waals surface area contributed by atoms with Crippen molar-refractivity contribution in [1.29, 1.82) is 0 Å². The second kappa shape index (κ2) is 7.33. The van der Waals surface area contributed by atoms with Crippen molar-refractivity contribution >= 4 is 33.9 Å². The number of aliphatic carboxylic acids is 1. The van der Waals surface area contributed by atoms with E-state index in [4.69, 9.17) is 11.6 Å². The summed E-state index contributed by atoms with van der Waals surface area (Å²) in [5, 5.41) is 12.1. The molecule has 120 valence electrons. The molecule has 0 saturated carbocycles. The standard InChI is InChI=1S/C21H17ClO2/c22-18-12-9-15(10-13-18)8-11-17(14-21(23)24)20-7-3-5-16-4-1-2-6-19(16)20/h1-7,9-10,12-14H,8,11H2,(H,23,24)/b17-14-. The molecule has 3 aromatic carbocycles. The van der Waals surface area contributed by atoms with Crippen molar-refractivity contribution in [3.8, 4) is 0 Å². The quantitative estimate of drug-likeness (QED) is 0.616. The van der Waals surface area contributed by atoms with Crippen LogP contribution in [0.25, 0.3) is 16.3 Å². The Labute approximate surface area is 146 Å². The second-order valence-electron chi connectivity index (χ2n) is 5.66. The van der Waals surface area contributed by atoms with Gasteiger partial charge >= 0.3 is 5.97 Å². The topological polar surface area (TPSA) is 37.3 Å². The molecule has 0 spiro atoms. The smallest absolute Gasteiger partial charge is 0.328 e. The monoisotopic (exact) mass is 336 g/mol. The molecule has 0 amide bonds. The van der Waals surface area contributed by atoms with Crippen molar-refractivity contribution in [1.82, 2.24) is 0 Å². The minimum absolute atomic E-state index is 0.655. The van der Waals surface area contributed by atoms with Crippen LogP contribution >= 0.6 is 11.6 Å². The lowest BCUT2D eigenvalue weighted by atomic mass is 9.93. The summed E-state index contributed by atoms with van der Waals surface area (Å²) in [6.07, 6.45) is 2.74. The van der Waals surface area contributed by atoms with Gasteiger partial charge in [-0.3, -0.25) is 0 Å². The van der Waals surface area contributed by atoms with E-state index < -0.39 is 5.97 Å². The highest BCUT2D eigenvalue weighted by atomic mass is 35.5. The Bertz CT molecular complexity index is 890. The molecule has 0 aromatic heterocycles. The summed E-state index contributed by atoms with van der Waals surface area (Å²) in [4.78, 5) is 11.3. The van der Waals surface area contributed by atoms with Crippen LogP contribution in [0.1, 0.15) is 17.5 Å². The van der Waals surface area contributed by atoms with Crippen LogP contribution in [0, 0.1) is 0 Å². The highest BCUT2D eigenvalue weighted by Crippen LogP contribution is 2.28. The molecule has 1 N–H and O–H groups in total. The van der Waals surface area contributed by atoms with E-state index in [1.165, 1.54) is 6.08 Å². The highest BCUT2D eigenvalue weighted by molar-refractivity contribution is 6.30. The number of carbonyl (C=O) groups is 1. The average Bonchev–Trinajstić information content (AvgIpc) is 2.59. The molecule has 2 nitrogen and oxygen atoms in total. The van der Waals surface area contributed by atoms with Gasteiger partial charge in [-0.25, -0.2) is 4.79 Å².